The summed E-state index contributed by atoms with van der Waals surface area (Å²) in [5.74, 6) is -1.42. The third-order valence-corrected chi connectivity index (χ3v) is 2.93. The van der Waals surface area contributed by atoms with Gasteiger partial charge in [0, 0.05) is 10.2 Å². The van der Waals surface area contributed by atoms with Gasteiger partial charge < -0.3 is 14.8 Å². The maximum Gasteiger partial charge on any atom is 0.354 e. The van der Waals surface area contributed by atoms with E-state index in [1.165, 1.54) is 20.3 Å². The molecule has 1 aromatic carbocycles. The van der Waals surface area contributed by atoms with Gasteiger partial charge in [-0.3, -0.25) is 0 Å². The largest absolute Gasteiger partial charge is 0.466 e. The van der Waals surface area contributed by atoms with Gasteiger partial charge in [0.25, 0.3) is 0 Å². The molecule has 0 aromatic heterocycles. The number of nitrogens with zero attached hydrogens (tertiary/aromatic N) is 1. The number of hydrogen-bond donors (Lipinski definition) is 1. The van der Waals surface area contributed by atoms with Crippen molar-refractivity contribution in [1.29, 1.82) is 5.26 Å². The number of carbonyl (C=O) groups is 2. The first-order valence-corrected chi connectivity index (χ1v) is 6.15. The van der Waals surface area contributed by atoms with Crippen molar-refractivity contribution in [2.24, 2.45) is 0 Å². The topological polar surface area (TPSA) is 88.4 Å². The first kappa shape index (κ1) is 15.7. The summed E-state index contributed by atoms with van der Waals surface area (Å²) in [6, 6.07) is 6.80. The van der Waals surface area contributed by atoms with E-state index in [4.69, 9.17) is 5.26 Å². The van der Waals surface area contributed by atoms with Gasteiger partial charge in [0.1, 0.15) is 11.8 Å². The second kappa shape index (κ2) is 7.31. The number of carbonyl (C=O) groups excluding carboxylic acids is 2. The molecular weight excluding hydrogens is 328 g/mol. The minimum Gasteiger partial charge on any atom is -0.466 e. The highest BCUT2D eigenvalue weighted by Gasteiger charge is 2.13. The number of hydrogen-bond acceptors (Lipinski definition) is 6. The van der Waals surface area contributed by atoms with Crippen molar-refractivity contribution in [3.63, 3.8) is 0 Å². The molecule has 0 heterocycles. The predicted molar refractivity (Wildman–Crippen MR) is 74.6 cm³/mol. The van der Waals surface area contributed by atoms with Crippen molar-refractivity contribution >= 4 is 33.6 Å². The highest BCUT2D eigenvalue weighted by molar-refractivity contribution is 9.10. The molecule has 0 bridgehead atoms. The molecule has 0 fully saturated rings. The van der Waals surface area contributed by atoms with Crippen molar-refractivity contribution in [3.05, 3.63) is 40.0 Å². The normalized spacial score (nSPS) is 10.4. The molecule has 0 radical (unpaired) electrons. The Morgan fingerprint density at radius 2 is 2.05 bits per heavy atom. The van der Waals surface area contributed by atoms with Crippen molar-refractivity contribution < 1.29 is 19.1 Å². The molecule has 0 aliphatic rings. The molecule has 0 aliphatic heterocycles. The average Bonchev–Trinajstić information content (AvgIpc) is 2.47. The lowest BCUT2D eigenvalue weighted by Crippen LogP contribution is -2.15. The van der Waals surface area contributed by atoms with Crippen LogP contribution in [0.15, 0.2) is 34.4 Å². The summed E-state index contributed by atoms with van der Waals surface area (Å²) in [5.41, 5.74) is 0.758. The minimum atomic E-state index is -0.725. The summed E-state index contributed by atoms with van der Waals surface area (Å²) in [7, 11) is 2.39. The lowest BCUT2D eigenvalue weighted by molar-refractivity contribution is -0.138. The fourth-order valence-corrected chi connectivity index (χ4v) is 1.61. The highest BCUT2D eigenvalue weighted by atomic mass is 79.9. The van der Waals surface area contributed by atoms with Crippen LogP contribution in [0.2, 0.25) is 0 Å². The monoisotopic (exact) mass is 338 g/mol. The molecule has 0 saturated heterocycles. The molecule has 0 saturated carbocycles. The summed E-state index contributed by atoms with van der Waals surface area (Å²) in [6.45, 7) is 0. The van der Waals surface area contributed by atoms with Crippen molar-refractivity contribution in [2.45, 2.75) is 0 Å². The van der Waals surface area contributed by atoms with Crippen LogP contribution in [0, 0.1) is 11.3 Å². The summed E-state index contributed by atoms with van der Waals surface area (Å²) >= 11 is 3.22. The molecule has 20 heavy (non-hydrogen) atoms. The van der Waals surface area contributed by atoms with Crippen LogP contribution < -0.4 is 5.32 Å². The van der Waals surface area contributed by atoms with Crippen LogP contribution in [0.4, 0.5) is 5.69 Å². The number of rotatable bonds is 4. The van der Waals surface area contributed by atoms with Gasteiger partial charge in [0.2, 0.25) is 0 Å². The maximum absolute atomic E-state index is 11.6. The Labute approximate surface area is 124 Å². The molecular formula is C13H11BrN2O4. The van der Waals surface area contributed by atoms with E-state index in [2.05, 4.69) is 30.7 Å². The van der Waals surface area contributed by atoms with Gasteiger partial charge in [-0.2, -0.15) is 5.26 Å². The van der Waals surface area contributed by atoms with Gasteiger partial charge in [-0.25, -0.2) is 9.59 Å². The number of methoxy groups -OCH3 is 2. The van der Waals surface area contributed by atoms with E-state index in [9.17, 15) is 9.59 Å². The Balaban J connectivity index is 3.08. The molecule has 6 nitrogen and oxygen atoms in total. The quantitative estimate of drug-likeness (QED) is 0.666. The fraction of sp³-hybridized carbons (Fsp3) is 0.154. The zero-order valence-corrected chi connectivity index (χ0v) is 12.4. The Kier molecular flexibility index (Phi) is 5.74. The average molecular weight is 339 g/mol. The van der Waals surface area contributed by atoms with Gasteiger partial charge in [0.15, 0.2) is 0 Å². The lowest BCUT2D eigenvalue weighted by atomic mass is 10.2. The molecule has 1 rings (SSSR count). The van der Waals surface area contributed by atoms with Gasteiger partial charge in [0.05, 0.1) is 25.9 Å². The zero-order valence-electron chi connectivity index (χ0n) is 10.8. The number of halogens is 1. The van der Waals surface area contributed by atoms with Gasteiger partial charge in [-0.1, -0.05) is 0 Å². The first-order valence-electron chi connectivity index (χ1n) is 5.36. The molecule has 0 spiro atoms. The minimum absolute atomic E-state index is 0.0921. The van der Waals surface area contributed by atoms with Crippen LogP contribution in [-0.2, 0) is 19.1 Å². The summed E-state index contributed by atoms with van der Waals surface area (Å²) in [6.07, 6.45) is 0.972. The molecule has 1 N–H and O–H groups in total. The van der Waals surface area contributed by atoms with E-state index in [-0.39, 0.29) is 5.70 Å². The van der Waals surface area contributed by atoms with E-state index >= 15 is 0 Å². The highest BCUT2D eigenvalue weighted by Crippen LogP contribution is 2.21. The van der Waals surface area contributed by atoms with E-state index in [0.717, 1.165) is 6.08 Å². The number of nitriles is 1. The predicted octanol–water partition coefficient (Wildman–Crippen LogP) is 1.96. The standard InChI is InChI=1S/C13H11BrN2O4/c1-19-12(17)6-11(13(18)20-2)16-9-3-4-10(14)8(5-9)7-15/h3-6,16H,1-2H3/b11-6+. The third-order valence-electron chi connectivity index (χ3n) is 2.23. The smallest absolute Gasteiger partial charge is 0.354 e. The molecule has 0 unspecified atom stereocenters. The third kappa shape index (κ3) is 4.10. The van der Waals surface area contributed by atoms with Crippen LogP contribution in [0.3, 0.4) is 0 Å². The van der Waals surface area contributed by atoms with Crippen LogP contribution in [-0.4, -0.2) is 26.2 Å². The Morgan fingerprint density at radius 1 is 1.35 bits per heavy atom. The van der Waals surface area contributed by atoms with E-state index in [1.54, 1.807) is 12.1 Å². The van der Waals surface area contributed by atoms with Crippen LogP contribution in [0.25, 0.3) is 0 Å². The molecule has 0 amide bonds. The van der Waals surface area contributed by atoms with Gasteiger partial charge >= 0.3 is 11.9 Å². The molecule has 0 atom stereocenters. The zero-order chi connectivity index (χ0) is 15.1. The first-order chi connectivity index (χ1) is 9.51. The summed E-state index contributed by atoms with van der Waals surface area (Å²) < 4.78 is 9.64. The molecule has 0 aliphatic carbocycles. The summed E-state index contributed by atoms with van der Waals surface area (Å²) in [4.78, 5) is 22.8. The second-order valence-corrected chi connectivity index (χ2v) is 4.36. The number of esters is 2. The van der Waals surface area contributed by atoms with Crippen molar-refractivity contribution in [2.75, 3.05) is 19.5 Å². The molecule has 104 valence electrons. The Morgan fingerprint density at radius 3 is 2.60 bits per heavy atom. The number of nitrogens with one attached hydrogen (secondary N) is 1. The maximum atomic E-state index is 11.6. The lowest BCUT2D eigenvalue weighted by Gasteiger charge is -2.09. The number of benzene rings is 1. The van der Waals surface area contributed by atoms with E-state index in [0.29, 0.717) is 15.7 Å². The molecule has 7 heteroatoms. The molecule has 1 aromatic rings. The van der Waals surface area contributed by atoms with E-state index < -0.39 is 11.9 Å². The summed E-state index contributed by atoms with van der Waals surface area (Å²) in [5, 5.41) is 11.6. The second-order valence-electron chi connectivity index (χ2n) is 3.50. The van der Waals surface area contributed by atoms with Crippen molar-refractivity contribution in [1.82, 2.24) is 0 Å². The Bertz CT molecular complexity index is 605. The van der Waals surface area contributed by atoms with Crippen LogP contribution in [0.5, 0.6) is 0 Å². The number of ether oxygens (including phenoxy) is 2. The number of anilines is 1. The van der Waals surface area contributed by atoms with Crippen LogP contribution >= 0.6 is 15.9 Å². The van der Waals surface area contributed by atoms with Crippen molar-refractivity contribution in [3.8, 4) is 6.07 Å². The van der Waals surface area contributed by atoms with Crippen LogP contribution in [0.1, 0.15) is 5.56 Å². The van der Waals surface area contributed by atoms with Gasteiger partial charge in [-0.15, -0.1) is 0 Å². The van der Waals surface area contributed by atoms with Gasteiger partial charge in [-0.05, 0) is 34.1 Å². The Hall–Kier alpha value is -2.33. The SMILES string of the molecule is COC(=O)/C=C(/Nc1ccc(Br)c(C#N)c1)C(=O)OC. The fourth-order valence-electron chi connectivity index (χ4n) is 1.28. The van der Waals surface area contributed by atoms with E-state index in [1.807, 2.05) is 6.07 Å².